The summed E-state index contributed by atoms with van der Waals surface area (Å²) in [6.45, 7) is 10.6. The number of H-pyrrole nitrogens is 1. The van der Waals surface area contributed by atoms with Crippen LogP contribution in [0.4, 0.5) is 0 Å². The largest absolute Gasteiger partial charge is 0.360 e. The molecule has 0 fully saturated rings. The first-order valence-corrected chi connectivity index (χ1v) is 12.5. The highest BCUT2D eigenvalue weighted by Gasteiger charge is 2.22. The van der Waals surface area contributed by atoms with E-state index in [0.29, 0.717) is 11.7 Å². The third-order valence-corrected chi connectivity index (χ3v) is 7.27. The average molecular weight is 482 g/mol. The molecule has 176 valence electrons. The van der Waals surface area contributed by atoms with E-state index in [-0.39, 0.29) is 11.5 Å². The van der Waals surface area contributed by atoms with Crippen molar-refractivity contribution in [1.29, 1.82) is 0 Å². The molecule has 3 aromatic heterocycles. The van der Waals surface area contributed by atoms with E-state index in [1.54, 1.807) is 0 Å². The van der Waals surface area contributed by atoms with Crippen molar-refractivity contribution in [2.45, 2.75) is 32.5 Å². The molecule has 6 nitrogen and oxygen atoms in total. The Balaban J connectivity index is 1.53. The Hall–Kier alpha value is -3.84. The van der Waals surface area contributed by atoms with Gasteiger partial charge in [0.05, 0.1) is 11.4 Å². The molecular weight excluding hydrogens is 454 g/mol. The van der Waals surface area contributed by atoms with Gasteiger partial charge in [-0.2, -0.15) is 0 Å². The van der Waals surface area contributed by atoms with Crippen molar-refractivity contribution in [1.82, 2.24) is 24.3 Å². The molecule has 0 spiro atoms. The molecule has 0 bridgehead atoms. The van der Waals surface area contributed by atoms with E-state index in [9.17, 15) is 4.79 Å². The molecule has 5 aromatic rings. The number of aromatic nitrogens is 5. The van der Waals surface area contributed by atoms with Crippen molar-refractivity contribution in [2.24, 2.45) is 0 Å². The summed E-state index contributed by atoms with van der Waals surface area (Å²) >= 11 is 1.41. The smallest absolute Gasteiger partial charge is 0.196 e. The van der Waals surface area contributed by atoms with E-state index < -0.39 is 0 Å². The highest BCUT2D eigenvalue weighted by Crippen LogP contribution is 2.33. The highest BCUT2D eigenvalue weighted by atomic mass is 32.2. The van der Waals surface area contributed by atoms with Crippen LogP contribution in [0.5, 0.6) is 0 Å². The number of thioether (sulfide) groups is 1. The molecule has 7 heteroatoms. The van der Waals surface area contributed by atoms with Gasteiger partial charge in [0.1, 0.15) is 0 Å². The van der Waals surface area contributed by atoms with Crippen LogP contribution in [0.2, 0.25) is 0 Å². The van der Waals surface area contributed by atoms with Crippen LogP contribution in [0.3, 0.4) is 0 Å². The number of fused-ring (bicyclic) bond motifs is 1. The molecule has 0 amide bonds. The van der Waals surface area contributed by atoms with E-state index in [1.165, 1.54) is 11.8 Å². The van der Waals surface area contributed by atoms with Gasteiger partial charge in [0.25, 0.3) is 0 Å². The summed E-state index contributed by atoms with van der Waals surface area (Å²) < 4.78 is 4.17. The minimum Gasteiger partial charge on any atom is -0.360 e. The number of ketones is 1. The fraction of sp³-hybridized carbons (Fsp3) is 0.179. The first-order chi connectivity index (χ1) is 17.0. The second-order valence-corrected chi connectivity index (χ2v) is 9.51. The van der Waals surface area contributed by atoms with Gasteiger partial charge in [-0.3, -0.25) is 9.36 Å². The molecule has 0 aliphatic carbocycles. The van der Waals surface area contributed by atoms with Crippen LogP contribution in [0, 0.1) is 20.8 Å². The number of Topliss-reactive ketones (excluding diaryl/α,β-unsaturated/α-hetero) is 1. The fourth-order valence-corrected chi connectivity index (χ4v) is 5.36. The summed E-state index contributed by atoms with van der Waals surface area (Å²) in [5, 5.41) is 10.9. The van der Waals surface area contributed by atoms with Crippen LogP contribution < -0.4 is 0 Å². The molecule has 1 N–H and O–H groups in total. The SMILES string of the molecule is C=CCn1c(C)cc(C(=O)CSc2nnc(-c3c[nH]c4ccccc34)n2-c2ccccc2C)c1C. The predicted molar refractivity (Wildman–Crippen MR) is 143 cm³/mol. The summed E-state index contributed by atoms with van der Waals surface area (Å²) in [5.41, 5.74) is 6.89. The number of aromatic amines is 1. The molecule has 0 atom stereocenters. The first-order valence-electron chi connectivity index (χ1n) is 11.5. The monoisotopic (exact) mass is 481 g/mol. The molecule has 0 unspecified atom stereocenters. The second kappa shape index (κ2) is 9.43. The van der Waals surface area contributed by atoms with Crippen LogP contribution in [0.25, 0.3) is 28.0 Å². The van der Waals surface area contributed by atoms with Crippen molar-refractivity contribution >= 4 is 28.4 Å². The maximum atomic E-state index is 13.2. The summed E-state index contributed by atoms with van der Waals surface area (Å²) in [6.07, 6.45) is 3.82. The lowest BCUT2D eigenvalue weighted by molar-refractivity contribution is 0.102. The summed E-state index contributed by atoms with van der Waals surface area (Å²) in [7, 11) is 0. The predicted octanol–water partition coefficient (Wildman–Crippen LogP) is 6.30. The molecule has 3 heterocycles. The number of hydrogen-bond donors (Lipinski definition) is 1. The molecule has 0 radical (unpaired) electrons. The summed E-state index contributed by atoms with van der Waals surface area (Å²) in [6, 6.07) is 18.3. The third kappa shape index (κ3) is 4.12. The number of hydrogen-bond acceptors (Lipinski definition) is 4. The first kappa shape index (κ1) is 22.9. The number of benzene rings is 2. The topological polar surface area (TPSA) is 68.5 Å². The molecule has 0 saturated carbocycles. The van der Waals surface area contributed by atoms with E-state index >= 15 is 0 Å². The Labute approximate surface area is 208 Å². The Bertz CT molecular complexity index is 1550. The van der Waals surface area contributed by atoms with Gasteiger partial charge in [0.2, 0.25) is 0 Å². The van der Waals surface area contributed by atoms with Crippen LogP contribution in [-0.2, 0) is 6.54 Å². The van der Waals surface area contributed by atoms with Crippen molar-refractivity contribution < 1.29 is 4.79 Å². The van der Waals surface area contributed by atoms with Crippen LogP contribution >= 0.6 is 11.8 Å². The van der Waals surface area contributed by atoms with Gasteiger partial charge in [-0.05, 0) is 44.5 Å². The van der Waals surface area contributed by atoms with Gasteiger partial charge in [0, 0.05) is 46.2 Å². The summed E-state index contributed by atoms with van der Waals surface area (Å²) in [4.78, 5) is 16.5. The molecule has 0 aliphatic heterocycles. The maximum Gasteiger partial charge on any atom is 0.196 e. The molecule has 35 heavy (non-hydrogen) atoms. The minimum absolute atomic E-state index is 0.0754. The lowest BCUT2D eigenvalue weighted by atomic mass is 10.1. The lowest BCUT2D eigenvalue weighted by Gasteiger charge is -2.12. The van der Waals surface area contributed by atoms with Crippen LogP contribution in [0.15, 0.2) is 78.6 Å². The Morgan fingerprint density at radius 2 is 1.86 bits per heavy atom. The second-order valence-electron chi connectivity index (χ2n) is 8.57. The zero-order valence-electron chi connectivity index (χ0n) is 20.1. The molecular formula is C28H27N5OS. The van der Waals surface area contributed by atoms with E-state index in [4.69, 9.17) is 0 Å². The Morgan fingerprint density at radius 3 is 2.66 bits per heavy atom. The third-order valence-electron chi connectivity index (χ3n) is 6.34. The Morgan fingerprint density at radius 1 is 1.09 bits per heavy atom. The van der Waals surface area contributed by atoms with Gasteiger partial charge in [-0.1, -0.05) is 54.2 Å². The molecule has 2 aromatic carbocycles. The van der Waals surface area contributed by atoms with E-state index in [0.717, 1.165) is 50.5 Å². The number of allylic oxidation sites excluding steroid dienone is 1. The lowest BCUT2D eigenvalue weighted by Crippen LogP contribution is -2.07. The number of carbonyl (C=O) groups excluding carboxylic acids is 1. The quantitative estimate of drug-likeness (QED) is 0.160. The molecule has 5 rings (SSSR count). The van der Waals surface area contributed by atoms with Crippen molar-refractivity contribution in [3.05, 3.63) is 96.0 Å². The van der Waals surface area contributed by atoms with Gasteiger partial charge in [-0.25, -0.2) is 0 Å². The fourth-order valence-electron chi connectivity index (χ4n) is 4.53. The highest BCUT2D eigenvalue weighted by molar-refractivity contribution is 7.99. The standard InChI is InChI=1S/C28H27N5OS/c1-5-14-32-19(3)15-22(20(32)4)26(34)17-35-28-31-30-27(33(28)25-13-9-6-10-18(25)2)23-16-29-24-12-8-7-11-21(23)24/h5-13,15-16,29H,1,14,17H2,2-4H3. The minimum atomic E-state index is 0.0754. The van der Waals surface area contributed by atoms with Gasteiger partial charge >= 0.3 is 0 Å². The zero-order chi connectivity index (χ0) is 24.5. The number of carbonyl (C=O) groups is 1. The van der Waals surface area contributed by atoms with Crippen molar-refractivity contribution in [3.8, 4) is 17.1 Å². The zero-order valence-corrected chi connectivity index (χ0v) is 20.9. The number of rotatable bonds is 8. The van der Waals surface area contributed by atoms with Crippen molar-refractivity contribution in [2.75, 3.05) is 5.75 Å². The van der Waals surface area contributed by atoms with Crippen LogP contribution in [0.1, 0.15) is 27.3 Å². The van der Waals surface area contributed by atoms with E-state index in [2.05, 4.69) is 56.0 Å². The normalized spacial score (nSPS) is 11.3. The van der Waals surface area contributed by atoms with Gasteiger partial charge in [0.15, 0.2) is 16.8 Å². The van der Waals surface area contributed by atoms with Crippen LogP contribution in [-0.4, -0.2) is 35.9 Å². The summed E-state index contributed by atoms with van der Waals surface area (Å²) in [5.74, 6) is 1.10. The Kier molecular flexibility index (Phi) is 6.17. The average Bonchev–Trinajstić information content (AvgIpc) is 3.55. The number of para-hydroxylation sites is 2. The number of aryl methyl sites for hydroxylation is 2. The number of nitrogens with one attached hydrogen (secondary N) is 1. The van der Waals surface area contributed by atoms with Crippen molar-refractivity contribution in [3.63, 3.8) is 0 Å². The maximum absolute atomic E-state index is 13.2. The molecule has 0 aliphatic rings. The number of nitrogens with zero attached hydrogens (tertiary/aromatic N) is 4. The van der Waals surface area contributed by atoms with E-state index in [1.807, 2.05) is 62.5 Å². The molecule has 0 saturated heterocycles. The van der Waals surface area contributed by atoms with Gasteiger partial charge < -0.3 is 9.55 Å². The van der Waals surface area contributed by atoms with Gasteiger partial charge in [-0.15, -0.1) is 16.8 Å².